The van der Waals surface area contributed by atoms with E-state index in [0.29, 0.717) is 5.69 Å². The molecule has 0 atom stereocenters. The van der Waals surface area contributed by atoms with Crippen LogP contribution >= 0.6 is 0 Å². The smallest absolute Gasteiger partial charge is 0.273 e. The Kier molecular flexibility index (Phi) is 3.23. The SMILES string of the molecule is CCc1ccccc1NC(=O)c1ccnn1C. The first-order valence-electron chi connectivity index (χ1n) is 5.59. The summed E-state index contributed by atoms with van der Waals surface area (Å²) >= 11 is 0. The van der Waals surface area contributed by atoms with Crippen LogP contribution in [0.1, 0.15) is 23.0 Å². The summed E-state index contributed by atoms with van der Waals surface area (Å²) in [5, 5.41) is 6.88. The molecule has 2 aromatic rings. The van der Waals surface area contributed by atoms with E-state index in [1.54, 1.807) is 24.0 Å². The molecular formula is C13H15N3O. The first kappa shape index (κ1) is 11.4. The van der Waals surface area contributed by atoms with Gasteiger partial charge in [0.15, 0.2) is 0 Å². The molecule has 88 valence electrons. The van der Waals surface area contributed by atoms with Crippen molar-refractivity contribution in [2.45, 2.75) is 13.3 Å². The third-order valence-corrected chi connectivity index (χ3v) is 2.70. The molecule has 0 spiro atoms. The van der Waals surface area contributed by atoms with Crippen LogP contribution in [0.5, 0.6) is 0 Å². The lowest BCUT2D eigenvalue weighted by atomic mass is 10.1. The molecule has 1 aromatic heterocycles. The predicted molar refractivity (Wildman–Crippen MR) is 67.0 cm³/mol. The molecule has 1 heterocycles. The van der Waals surface area contributed by atoms with Crippen molar-refractivity contribution in [1.29, 1.82) is 0 Å². The van der Waals surface area contributed by atoms with Gasteiger partial charge in [-0.2, -0.15) is 5.10 Å². The van der Waals surface area contributed by atoms with E-state index in [1.165, 1.54) is 0 Å². The first-order chi connectivity index (χ1) is 8.22. The standard InChI is InChI=1S/C13H15N3O/c1-3-10-6-4-5-7-11(10)15-13(17)12-8-9-14-16(12)2/h4-9H,3H2,1-2H3,(H,15,17). The number of nitrogens with zero attached hydrogens (tertiary/aromatic N) is 2. The van der Waals surface area contributed by atoms with Crippen molar-refractivity contribution in [2.75, 3.05) is 5.32 Å². The molecule has 0 aliphatic rings. The molecule has 1 N–H and O–H groups in total. The second-order valence-corrected chi connectivity index (χ2v) is 3.80. The Labute approximate surface area is 100 Å². The summed E-state index contributed by atoms with van der Waals surface area (Å²) in [4.78, 5) is 12.0. The van der Waals surface area contributed by atoms with Gasteiger partial charge in [-0.15, -0.1) is 0 Å². The molecule has 0 aliphatic carbocycles. The monoisotopic (exact) mass is 229 g/mol. The fraction of sp³-hybridized carbons (Fsp3) is 0.231. The van der Waals surface area contributed by atoms with E-state index < -0.39 is 0 Å². The first-order valence-corrected chi connectivity index (χ1v) is 5.59. The van der Waals surface area contributed by atoms with Gasteiger partial charge in [-0.05, 0) is 24.1 Å². The average Bonchev–Trinajstić information content (AvgIpc) is 2.76. The van der Waals surface area contributed by atoms with Crippen molar-refractivity contribution in [1.82, 2.24) is 9.78 Å². The van der Waals surface area contributed by atoms with Gasteiger partial charge in [-0.1, -0.05) is 25.1 Å². The van der Waals surface area contributed by atoms with Crippen LogP contribution in [0.4, 0.5) is 5.69 Å². The Balaban J connectivity index is 2.22. The number of rotatable bonds is 3. The van der Waals surface area contributed by atoms with Gasteiger partial charge in [-0.25, -0.2) is 0 Å². The van der Waals surface area contributed by atoms with Gasteiger partial charge in [0.05, 0.1) is 0 Å². The Morgan fingerprint density at radius 1 is 1.35 bits per heavy atom. The number of benzene rings is 1. The summed E-state index contributed by atoms with van der Waals surface area (Å²) in [5.41, 5.74) is 2.54. The van der Waals surface area contributed by atoms with E-state index >= 15 is 0 Å². The zero-order chi connectivity index (χ0) is 12.3. The number of amides is 1. The number of carbonyl (C=O) groups excluding carboxylic acids is 1. The van der Waals surface area contributed by atoms with Crippen molar-refractivity contribution < 1.29 is 4.79 Å². The van der Waals surface area contributed by atoms with Gasteiger partial charge in [0.2, 0.25) is 0 Å². The third-order valence-electron chi connectivity index (χ3n) is 2.70. The maximum Gasteiger partial charge on any atom is 0.273 e. The Morgan fingerprint density at radius 3 is 2.76 bits per heavy atom. The molecule has 2 rings (SSSR count). The maximum atomic E-state index is 12.0. The van der Waals surface area contributed by atoms with Crippen LogP contribution in [-0.2, 0) is 13.5 Å². The summed E-state index contributed by atoms with van der Waals surface area (Å²) in [6, 6.07) is 9.51. The van der Waals surface area contributed by atoms with Gasteiger partial charge in [0.1, 0.15) is 5.69 Å². The van der Waals surface area contributed by atoms with Crippen molar-refractivity contribution in [3.8, 4) is 0 Å². The van der Waals surface area contributed by atoms with Crippen LogP contribution in [0.3, 0.4) is 0 Å². The molecule has 0 saturated carbocycles. The lowest BCUT2D eigenvalue weighted by Crippen LogP contribution is -2.16. The number of aryl methyl sites for hydroxylation is 2. The number of para-hydroxylation sites is 1. The summed E-state index contributed by atoms with van der Waals surface area (Å²) in [7, 11) is 1.75. The van der Waals surface area contributed by atoms with Crippen molar-refractivity contribution in [2.24, 2.45) is 7.05 Å². The second kappa shape index (κ2) is 4.82. The number of nitrogens with one attached hydrogen (secondary N) is 1. The van der Waals surface area contributed by atoms with E-state index in [0.717, 1.165) is 17.7 Å². The van der Waals surface area contributed by atoms with Gasteiger partial charge in [0.25, 0.3) is 5.91 Å². The van der Waals surface area contributed by atoms with E-state index in [9.17, 15) is 4.79 Å². The van der Waals surface area contributed by atoms with Crippen molar-refractivity contribution in [3.05, 3.63) is 47.8 Å². The Morgan fingerprint density at radius 2 is 2.12 bits per heavy atom. The summed E-state index contributed by atoms with van der Waals surface area (Å²) < 4.78 is 1.56. The van der Waals surface area contributed by atoms with Crippen LogP contribution in [0.2, 0.25) is 0 Å². The minimum Gasteiger partial charge on any atom is -0.320 e. The normalized spacial score (nSPS) is 10.2. The molecular weight excluding hydrogens is 214 g/mol. The molecule has 0 bridgehead atoms. The predicted octanol–water partition coefficient (Wildman–Crippen LogP) is 2.23. The van der Waals surface area contributed by atoms with Crippen LogP contribution in [0, 0.1) is 0 Å². The largest absolute Gasteiger partial charge is 0.320 e. The van der Waals surface area contributed by atoms with Crippen LogP contribution in [0.25, 0.3) is 0 Å². The van der Waals surface area contributed by atoms with Gasteiger partial charge in [0, 0.05) is 18.9 Å². The quantitative estimate of drug-likeness (QED) is 0.877. The van der Waals surface area contributed by atoms with Crippen molar-refractivity contribution in [3.63, 3.8) is 0 Å². The van der Waals surface area contributed by atoms with Crippen LogP contribution in [0.15, 0.2) is 36.5 Å². The van der Waals surface area contributed by atoms with Crippen LogP contribution in [-0.4, -0.2) is 15.7 Å². The highest BCUT2D eigenvalue weighted by molar-refractivity contribution is 6.03. The number of hydrogen-bond donors (Lipinski definition) is 1. The number of carbonyl (C=O) groups is 1. The van der Waals surface area contributed by atoms with E-state index in [1.807, 2.05) is 24.3 Å². The zero-order valence-electron chi connectivity index (χ0n) is 9.97. The number of aromatic nitrogens is 2. The number of anilines is 1. The highest BCUT2D eigenvalue weighted by Crippen LogP contribution is 2.16. The molecule has 0 radical (unpaired) electrons. The molecule has 1 aromatic carbocycles. The lowest BCUT2D eigenvalue weighted by Gasteiger charge is -2.09. The highest BCUT2D eigenvalue weighted by Gasteiger charge is 2.11. The molecule has 0 saturated heterocycles. The summed E-state index contributed by atoms with van der Waals surface area (Å²) in [6.45, 7) is 2.06. The molecule has 17 heavy (non-hydrogen) atoms. The topological polar surface area (TPSA) is 46.9 Å². The van der Waals surface area contributed by atoms with Gasteiger partial charge < -0.3 is 5.32 Å². The molecule has 1 amide bonds. The molecule has 4 heteroatoms. The number of hydrogen-bond acceptors (Lipinski definition) is 2. The second-order valence-electron chi connectivity index (χ2n) is 3.80. The van der Waals surface area contributed by atoms with Crippen molar-refractivity contribution >= 4 is 11.6 Å². The minimum absolute atomic E-state index is 0.133. The van der Waals surface area contributed by atoms with E-state index in [-0.39, 0.29) is 5.91 Å². The summed E-state index contributed by atoms with van der Waals surface area (Å²) in [6.07, 6.45) is 2.50. The van der Waals surface area contributed by atoms with Crippen LogP contribution < -0.4 is 5.32 Å². The molecule has 0 fully saturated rings. The lowest BCUT2D eigenvalue weighted by molar-refractivity contribution is 0.101. The average molecular weight is 229 g/mol. The van der Waals surface area contributed by atoms with E-state index in [4.69, 9.17) is 0 Å². The Hall–Kier alpha value is -2.10. The Bertz CT molecular complexity index is 531. The minimum atomic E-state index is -0.133. The third kappa shape index (κ3) is 2.36. The fourth-order valence-corrected chi connectivity index (χ4v) is 1.73. The zero-order valence-corrected chi connectivity index (χ0v) is 9.97. The molecule has 0 unspecified atom stereocenters. The molecule has 0 aliphatic heterocycles. The van der Waals surface area contributed by atoms with E-state index in [2.05, 4.69) is 17.3 Å². The van der Waals surface area contributed by atoms with Gasteiger partial charge >= 0.3 is 0 Å². The maximum absolute atomic E-state index is 12.0. The van der Waals surface area contributed by atoms with Gasteiger partial charge in [-0.3, -0.25) is 9.48 Å². The molecule has 4 nitrogen and oxygen atoms in total. The highest BCUT2D eigenvalue weighted by atomic mass is 16.2. The fourth-order valence-electron chi connectivity index (χ4n) is 1.73. The summed E-state index contributed by atoms with van der Waals surface area (Å²) in [5.74, 6) is -0.133.